The van der Waals surface area contributed by atoms with Gasteiger partial charge < -0.3 is 5.11 Å². The third-order valence-corrected chi connectivity index (χ3v) is 6.01. The molecular formula is C19H13Cl3N2O3S. The number of nitrogens with zero attached hydrogens (tertiary/aromatic N) is 1. The van der Waals surface area contributed by atoms with Crippen molar-refractivity contribution in [2.45, 2.75) is 4.90 Å². The molecule has 0 atom stereocenters. The summed E-state index contributed by atoms with van der Waals surface area (Å²) in [7, 11) is -3.86. The van der Waals surface area contributed by atoms with Gasteiger partial charge in [0, 0.05) is 16.8 Å². The number of rotatable bonds is 5. The highest BCUT2D eigenvalue weighted by Gasteiger charge is 2.17. The largest absolute Gasteiger partial charge is 0.507 e. The van der Waals surface area contributed by atoms with Crippen LogP contribution in [0.3, 0.4) is 0 Å². The fourth-order valence-electron chi connectivity index (χ4n) is 2.30. The summed E-state index contributed by atoms with van der Waals surface area (Å²) >= 11 is 18.0. The van der Waals surface area contributed by atoms with Crippen LogP contribution in [0.2, 0.25) is 15.1 Å². The first-order chi connectivity index (χ1) is 13.3. The van der Waals surface area contributed by atoms with E-state index in [4.69, 9.17) is 34.8 Å². The highest BCUT2D eigenvalue weighted by atomic mass is 35.5. The zero-order chi connectivity index (χ0) is 20.3. The Morgan fingerprint density at radius 1 is 0.929 bits per heavy atom. The van der Waals surface area contributed by atoms with Crippen molar-refractivity contribution in [1.29, 1.82) is 0 Å². The Hall–Kier alpha value is -2.25. The average Bonchev–Trinajstić information content (AvgIpc) is 2.66. The molecule has 28 heavy (non-hydrogen) atoms. The van der Waals surface area contributed by atoms with Crippen LogP contribution >= 0.6 is 34.8 Å². The first kappa shape index (κ1) is 20.5. The van der Waals surface area contributed by atoms with Crippen LogP contribution in [0.1, 0.15) is 5.56 Å². The number of nitrogens with one attached hydrogen (secondary N) is 1. The zero-order valence-corrected chi connectivity index (χ0v) is 17.2. The lowest BCUT2D eigenvalue weighted by atomic mass is 10.2. The molecule has 0 bridgehead atoms. The molecule has 0 aromatic heterocycles. The van der Waals surface area contributed by atoms with E-state index in [1.807, 2.05) is 0 Å². The van der Waals surface area contributed by atoms with Crippen LogP contribution in [0.25, 0.3) is 0 Å². The summed E-state index contributed by atoms with van der Waals surface area (Å²) in [6.07, 6.45) is 1.35. The van der Waals surface area contributed by atoms with E-state index in [0.717, 1.165) is 0 Å². The van der Waals surface area contributed by atoms with Gasteiger partial charge in [0.1, 0.15) is 5.75 Å². The number of sulfonamides is 1. The second-order valence-electron chi connectivity index (χ2n) is 5.66. The minimum atomic E-state index is -3.86. The Balaban J connectivity index is 2.02. The Morgan fingerprint density at radius 3 is 2.32 bits per heavy atom. The quantitative estimate of drug-likeness (QED) is 0.470. The molecule has 0 fully saturated rings. The van der Waals surface area contributed by atoms with Gasteiger partial charge in [0.2, 0.25) is 0 Å². The lowest BCUT2D eigenvalue weighted by Gasteiger charge is -2.12. The molecule has 144 valence electrons. The van der Waals surface area contributed by atoms with E-state index in [2.05, 4.69) is 9.71 Å². The van der Waals surface area contributed by atoms with Crippen molar-refractivity contribution in [1.82, 2.24) is 0 Å². The molecule has 0 aliphatic heterocycles. The van der Waals surface area contributed by atoms with Crippen molar-refractivity contribution in [3.63, 3.8) is 0 Å². The van der Waals surface area contributed by atoms with Crippen LogP contribution in [-0.2, 0) is 10.0 Å². The summed E-state index contributed by atoms with van der Waals surface area (Å²) in [4.78, 5) is 4.33. The van der Waals surface area contributed by atoms with Gasteiger partial charge in [-0.3, -0.25) is 9.71 Å². The topological polar surface area (TPSA) is 78.8 Å². The molecule has 0 saturated carbocycles. The monoisotopic (exact) mass is 454 g/mol. The first-order valence-electron chi connectivity index (χ1n) is 7.86. The number of hydrogen-bond acceptors (Lipinski definition) is 4. The van der Waals surface area contributed by atoms with Crippen molar-refractivity contribution in [3.05, 3.63) is 81.3 Å². The van der Waals surface area contributed by atoms with E-state index in [-0.39, 0.29) is 32.1 Å². The van der Waals surface area contributed by atoms with E-state index in [0.29, 0.717) is 10.6 Å². The molecule has 0 unspecified atom stereocenters. The van der Waals surface area contributed by atoms with Crippen molar-refractivity contribution in [3.8, 4) is 5.75 Å². The number of aliphatic imine (C=N–C) groups is 1. The summed E-state index contributed by atoms with van der Waals surface area (Å²) in [5, 5.41) is 10.7. The van der Waals surface area contributed by atoms with Gasteiger partial charge in [-0.25, -0.2) is 8.42 Å². The maximum absolute atomic E-state index is 12.6. The second-order valence-corrected chi connectivity index (χ2v) is 8.60. The van der Waals surface area contributed by atoms with Crippen LogP contribution in [0, 0.1) is 0 Å². The first-order valence-corrected chi connectivity index (χ1v) is 10.5. The molecule has 3 aromatic rings. The van der Waals surface area contributed by atoms with Gasteiger partial charge in [0.15, 0.2) is 0 Å². The molecule has 0 spiro atoms. The predicted octanol–water partition coefficient (Wildman–Crippen LogP) is 5.90. The summed E-state index contributed by atoms with van der Waals surface area (Å²) in [5.41, 5.74) is 0.708. The molecule has 0 aliphatic rings. The highest BCUT2D eigenvalue weighted by Crippen LogP contribution is 2.36. The second kappa shape index (κ2) is 8.41. The van der Waals surface area contributed by atoms with Gasteiger partial charge in [-0.1, -0.05) is 53.0 Å². The Labute approximate surface area is 177 Å². The molecule has 3 rings (SSSR count). The van der Waals surface area contributed by atoms with Crippen LogP contribution < -0.4 is 4.72 Å². The van der Waals surface area contributed by atoms with Gasteiger partial charge >= 0.3 is 0 Å². The van der Waals surface area contributed by atoms with Gasteiger partial charge in [-0.15, -0.1) is 0 Å². The van der Waals surface area contributed by atoms with Gasteiger partial charge in [0.05, 0.1) is 26.3 Å². The number of phenolic OH excluding ortho intramolecular Hbond substituents is 1. The molecule has 0 heterocycles. The minimum absolute atomic E-state index is 0.0281. The molecular weight excluding hydrogens is 443 g/mol. The predicted molar refractivity (Wildman–Crippen MR) is 114 cm³/mol. The summed E-state index contributed by atoms with van der Waals surface area (Å²) in [5.74, 6) is -0.0281. The van der Waals surface area contributed by atoms with Crippen LogP contribution in [0.15, 0.2) is 70.6 Å². The third kappa shape index (κ3) is 4.77. The van der Waals surface area contributed by atoms with Crippen molar-refractivity contribution >= 4 is 62.4 Å². The summed E-state index contributed by atoms with van der Waals surface area (Å²) in [6.45, 7) is 0. The number of benzene rings is 3. The number of phenols is 1. The molecule has 9 heteroatoms. The molecule has 0 saturated heterocycles. The highest BCUT2D eigenvalue weighted by molar-refractivity contribution is 7.92. The molecule has 0 radical (unpaired) electrons. The lowest BCUT2D eigenvalue weighted by molar-refractivity contribution is 0.474. The van der Waals surface area contributed by atoms with Crippen LogP contribution in [-0.4, -0.2) is 19.7 Å². The van der Waals surface area contributed by atoms with E-state index in [1.165, 1.54) is 48.7 Å². The van der Waals surface area contributed by atoms with Gasteiger partial charge in [-0.05, 0) is 42.5 Å². The maximum atomic E-state index is 12.6. The lowest BCUT2D eigenvalue weighted by Crippen LogP contribution is -2.13. The van der Waals surface area contributed by atoms with Crippen molar-refractivity contribution in [2.24, 2.45) is 4.99 Å². The van der Waals surface area contributed by atoms with Gasteiger partial charge in [0.25, 0.3) is 10.0 Å². The minimum Gasteiger partial charge on any atom is -0.507 e. The fourth-order valence-corrected chi connectivity index (χ4v) is 3.88. The van der Waals surface area contributed by atoms with E-state index in [1.54, 1.807) is 18.2 Å². The van der Waals surface area contributed by atoms with E-state index < -0.39 is 10.0 Å². The maximum Gasteiger partial charge on any atom is 0.261 e. The average molecular weight is 456 g/mol. The Bertz CT molecular complexity index is 1150. The smallest absolute Gasteiger partial charge is 0.261 e. The standard InChI is InChI=1S/C19H13Cl3N2O3S/c20-13-6-7-19(25)12(8-13)11-23-17-9-15(21)16(22)10-18(17)24-28(26,27)14-4-2-1-3-5-14/h1-11,24-25H. The molecule has 0 amide bonds. The van der Waals surface area contributed by atoms with E-state index in [9.17, 15) is 13.5 Å². The van der Waals surface area contributed by atoms with Crippen molar-refractivity contribution in [2.75, 3.05) is 4.72 Å². The van der Waals surface area contributed by atoms with Gasteiger partial charge in [-0.2, -0.15) is 0 Å². The number of halogens is 3. The summed E-state index contributed by atoms with van der Waals surface area (Å²) in [6, 6.07) is 15.1. The van der Waals surface area contributed by atoms with Crippen LogP contribution in [0.5, 0.6) is 5.75 Å². The molecule has 0 aliphatic carbocycles. The Morgan fingerprint density at radius 2 is 1.61 bits per heavy atom. The number of aromatic hydroxyl groups is 1. The number of hydrogen-bond donors (Lipinski definition) is 2. The third-order valence-electron chi connectivity index (χ3n) is 3.67. The molecule has 3 aromatic carbocycles. The summed E-state index contributed by atoms with van der Waals surface area (Å²) < 4.78 is 27.7. The molecule has 2 N–H and O–H groups in total. The molecule has 5 nitrogen and oxygen atoms in total. The van der Waals surface area contributed by atoms with Crippen molar-refractivity contribution < 1.29 is 13.5 Å². The zero-order valence-electron chi connectivity index (χ0n) is 14.1. The number of anilines is 1. The fraction of sp³-hybridized carbons (Fsp3) is 0. The Kier molecular flexibility index (Phi) is 6.15. The SMILES string of the molecule is O=S(=O)(Nc1cc(Cl)c(Cl)cc1N=Cc1cc(Cl)ccc1O)c1ccccc1. The van der Waals surface area contributed by atoms with Crippen LogP contribution in [0.4, 0.5) is 11.4 Å². The normalized spacial score (nSPS) is 11.7. The van der Waals surface area contributed by atoms with E-state index >= 15 is 0 Å².